The van der Waals surface area contributed by atoms with Crippen LogP contribution in [0.2, 0.25) is 0 Å². The minimum atomic E-state index is 0.594. The van der Waals surface area contributed by atoms with Crippen molar-refractivity contribution in [2.24, 2.45) is 0 Å². The second kappa shape index (κ2) is 6.33. The fourth-order valence-electron chi connectivity index (χ4n) is 2.59. The highest BCUT2D eigenvalue weighted by atomic mass is 32.1. The van der Waals surface area contributed by atoms with E-state index in [4.69, 9.17) is 0 Å². The lowest BCUT2D eigenvalue weighted by Crippen LogP contribution is -2.42. The molecule has 3 rings (SSSR count). The van der Waals surface area contributed by atoms with Crippen LogP contribution in [0.1, 0.15) is 23.5 Å². The molecule has 0 amide bonds. The first-order valence-electron chi connectivity index (χ1n) is 7.11. The molecule has 0 spiro atoms. The molecular weight excluding hydrogens is 268 g/mol. The molecule has 1 aliphatic rings. The third-order valence-corrected chi connectivity index (χ3v) is 4.53. The Balaban J connectivity index is 1.47. The molecular formula is C15H20N4S. The summed E-state index contributed by atoms with van der Waals surface area (Å²) in [5, 5.41) is 6.91. The van der Waals surface area contributed by atoms with Gasteiger partial charge in [0.15, 0.2) is 0 Å². The Labute approximate surface area is 123 Å². The van der Waals surface area contributed by atoms with E-state index in [1.54, 1.807) is 11.3 Å². The number of hydrogen-bond acceptors (Lipinski definition) is 5. The smallest absolute Gasteiger partial charge is 0.128 e. The Hall–Kier alpha value is -1.46. The van der Waals surface area contributed by atoms with Crippen molar-refractivity contribution < 1.29 is 0 Å². The van der Waals surface area contributed by atoms with Crippen LogP contribution in [-0.2, 0) is 6.54 Å². The molecule has 0 atom stereocenters. The summed E-state index contributed by atoms with van der Waals surface area (Å²) in [4.78, 5) is 11.3. The van der Waals surface area contributed by atoms with Crippen LogP contribution in [0.3, 0.4) is 0 Å². The van der Waals surface area contributed by atoms with Crippen LogP contribution < -0.4 is 10.2 Å². The molecule has 1 saturated heterocycles. The molecule has 4 nitrogen and oxygen atoms in total. The SMILES string of the molecule is Cc1nc(CNC2CCN(c3ccccn3)CC2)cs1. The number of nitrogens with zero attached hydrogens (tertiary/aromatic N) is 3. The van der Waals surface area contributed by atoms with Crippen LogP contribution >= 0.6 is 11.3 Å². The van der Waals surface area contributed by atoms with Gasteiger partial charge in [-0.05, 0) is 31.9 Å². The third kappa shape index (κ3) is 3.35. The van der Waals surface area contributed by atoms with Gasteiger partial charge in [-0.15, -0.1) is 11.3 Å². The van der Waals surface area contributed by atoms with Crippen molar-refractivity contribution in [2.75, 3.05) is 18.0 Å². The van der Waals surface area contributed by atoms with Gasteiger partial charge in [-0.25, -0.2) is 9.97 Å². The van der Waals surface area contributed by atoms with Crippen molar-refractivity contribution in [3.63, 3.8) is 0 Å². The number of aromatic nitrogens is 2. The van der Waals surface area contributed by atoms with Crippen LogP contribution in [0.25, 0.3) is 0 Å². The zero-order chi connectivity index (χ0) is 13.8. The maximum absolute atomic E-state index is 4.49. The molecule has 2 aromatic heterocycles. The molecule has 0 radical (unpaired) electrons. The highest BCUT2D eigenvalue weighted by Gasteiger charge is 2.19. The Morgan fingerprint density at radius 1 is 1.35 bits per heavy atom. The molecule has 20 heavy (non-hydrogen) atoms. The first kappa shape index (κ1) is 13.5. The summed E-state index contributed by atoms with van der Waals surface area (Å²) >= 11 is 1.72. The molecule has 1 fully saturated rings. The van der Waals surface area contributed by atoms with Gasteiger partial charge in [-0.2, -0.15) is 0 Å². The quantitative estimate of drug-likeness (QED) is 0.939. The van der Waals surface area contributed by atoms with E-state index in [-0.39, 0.29) is 0 Å². The van der Waals surface area contributed by atoms with E-state index in [0.29, 0.717) is 6.04 Å². The Morgan fingerprint density at radius 2 is 2.20 bits per heavy atom. The maximum atomic E-state index is 4.49. The van der Waals surface area contributed by atoms with E-state index < -0.39 is 0 Å². The molecule has 0 bridgehead atoms. The molecule has 0 aromatic carbocycles. The first-order valence-corrected chi connectivity index (χ1v) is 7.99. The topological polar surface area (TPSA) is 41.1 Å². The molecule has 5 heteroatoms. The normalized spacial score (nSPS) is 16.6. The summed E-state index contributed by atoms with van der Waals surface area (Å²) in [5.74, 6) is 1.10. The van der Waals surface area contributed by atoms with Crippen LogP contribution in [0.4, 0.5) is 5.82 Å². The van der Waals surface area contributed by atoms with E-state index >= 15 is 0 Å². The zero-order valence-electron chi connectivity index (χ0n) is 11.7. The molecule has 0 aliphatic carbocycles. The van der Waals surface area contributed by atoms with Crippen LogP contribution in [0.15, 0.2) is 29.8 Å². The predicted molar refractivity (Wildman–Crippen MR) is 83.2 cm³/mol. The second-order valence-corrected chi connectivity index (χ2v) is 6.25. The van der Waals surface area contributed by atoms with E-state index in [9.17, 15) is 0 Å². The molecule has 1 aliphatic heterocycles. The summed E-state index contributed by atoms with van der Waals surface area (Å²) in [5.41, 5.74) is 1.17. The van der Waals surface area contributed by atoms with Crippen LogP contribution in [0.5, 0.6) is 0 Å². The zero-order valence-corrected chi connectivity index (χ0v) is 12.6. The average molecular weight is 288 g/mol. The molecule has 0 saturated carbocycles. The standard InChI is InChI=1S/C15H20N4S/c1-12-18-14(11-20-12)10-17-13-5-8-19(9-6-13)15-4-2-3-7-16-15/h2-4,7,11,13,17H,5-6,8-10H2,1H3. The van der Waals surface area contributed by atoms with E-state index in [1.165, 1.54) is 18.5 Å². The van der Waals surface area contributed by atoms with Crippen LogP contribution in [-0.4, -0.2) is 29.1 Å². The Morgan fingerprint density at radius 3 is 2.85 bits per heavy atom. The third-order valence-electron chi connectivity index (χ3n) is 3.71. The van der Waals surface area contributed by atoms with Crippen molar-refractivity contribution >= 4 is 17.2 Å². The van der Waals surface area contributed by atoms with E-state index in [2.05, 4.69) is 44.6 Å². The van der Waals surface area contributed by atoms with Gasteiger partial charge in [0.05, 0.1) is 10.7 Å². The van der Waals surface area contributed by atoms with Gasteiger partial charge in [0.25, 0.3) is 0 Å². The van der Waals surface area contributed by atoms with Gasteiger partial charge in [-0.1, -0.05) is 6.07 Å². The molecule has 0 unspecified atom stereocenters. The van der Waals surface area contributed by atoms with Gasteiger partial charge < -0.3 is 10.2 Å². The molecule has 2 aromatic rings. The van der Waals surface area contributed by atoms with Gasteiger partial charge in [-0.3, -0.25) is 0 Å². The van der Waals surface area contributed by atoms with Gasteiger partial charge in [0.2, 0.25) is 0 Å². The monoisotopic (exact) mass is 288 g/mol. The van der Waals surface area contributed by atoms with Crippen molar-refractivity contribution in [1.29, 1.82) is 0 Å². The minimum absolute atomic E-state index is 0.594. The highest BCUT2D eigenvalue weighted by molar-refractivity contribution is 7.09. The molecule has 106 valence electrons. The van der Waals surface area contributed by atoms with Crippen molar-refractivity contribution in [2.45, 2.75) is 32.4 Å². The van der Waals surface area contributed by atoms with E-state index in [0.717, 1.165) is 30.5 Å². The Kier molecular flexibility index (Phi) is 4.28. The summed E-state index contributed by atoms with van der Waals surface area (Å²) in [6.45, 7) is 5.09. The van der Waals surface area contributed by atoms with Crippen molar-refractivity contribution in [3.8, 4) is 0 Å². The summed E-state index contributed by atoms with van der Waals surface area (Å²) < 4.78 is 0. The number of piperidine rings is 1. The fraction of sp³-hybridized carbons (Fsp3) is 0.467. The lowest BCUT2D eigenvalue weighted by atomic mass is 10.0. The highest BCUT2D eigenvalue weighted by Crippen LogP contribution is 2.17. The maximum Gasteiger partial charge on any atom is 0.128 e. The molecule has 3 heterocycles. The number of aryl methyl sites for hydroxylation is 1. The minimum Gasteiger partial charge on any atom is -0.357 e. The summed E-state index contributed by atoms with van der Waals surface area (Å²) in [6.07, 6.45) is 4.20. The van der Waals surface area contributed by atoms with E-state index in [1.807, 2.05) is 12.3 Å². The van der Waals surface area contributed by atoms with Crippen molar-refractivity contribution in [1.82, 2.24) is 15.3 Å². The summed E-state index contributed by atoms with van der Waals surface area (Å²) in [6, 6.07) is 6.70. The lowest BCUT2D eigenvalue weighted by molar-refractivity contribution is 0.411. The predicted octanol–water partition coefficient (Wildman–Crippen LogP) is 2.61. The number of pyridine rings is 1. The van der Waals surface area contributed by atoms with Crippen LogP contribution in [0, 0.1) is 6.92 Å². The lowest BCUT2D eigenvalue weighted by Gasteiger charge is -2.33. The number of hydrogen-bond donors (Lipinski definition) is 1. The Bertz CT molecular complexity index is 532. The van der Waals surface area contributed by atoms with Gasteiger partial charge >= 0.3 is 0 Å². The number of rotatable bonds is 4. The second-order valence-electron chi connectivity index (χ2n) is 5.19. The average Bonchev–Trinajstić information content (AvgIpc) is 2.92. The van der Waals surface area contributed by atoms with Gasteiger partial charge in [0, 0.05) is 37.3 Å². The number of thiazole rings is 1. The number of anilines is 1. The van der Waals surface area contributed by atoms with Crippen molar-refractivity contribution in [3.05, 3.63) is 40.5 Å². The fourth-order valence-corrected chi connectivity index (χ4v) is 3.20. The summed E-state index contributed by atoms with van der Waals surface area (Å²) in [7, 11) is 0. The van der Waals surface area contributed by atoms with Gasteiger partial charge in [0.1, 0.15) is 5.82 Å². The first-order chi connectivity index (χ1) is 9.81. The largest absolute Gasteiger partial charge is 0.357 e. The molecule has 1 N–H and O–H groups in total. The number of nitrogens with one attached hydrogen (secondary N) is 1.